The first-order valence-corrected chi connectivity index (χ1v) is 5.93. The van der Waals surface area contributed by atoms with E-state index in [2.05, 4.69) is 39.0 Å². The van der Waals surface area contributed by atoms with Crippen molar-refractivity contribution in [1.29, 1.82) is 0 Å². The minimum absolute atomic E-state index is 0.158. The van der Waals surface area contributed by atoms with E-state index < -0.39 is 0 Å². The van der Waals surface area contributed by atoms with Crippen LogP contribution in [0.5, 0.6) is 6.01 Å². The number of ether oxygens (including phenoxy) is 1. The van der Waals surface area contributed by atoms with Crippen molar-refractivity contribution in [3.05, 3.63) is 5.28 Å². The zero-order valence-electron chi connectivity index (χ0n) is 10.1. The van der Waals surface area contributed by atoms with Crippen molar-refractivity contribution in [2.24, 2.45) is 0 Å². The molecule has 0 radical (unpaired) electrons. The molecule has 0 bridgehead atoms. The van der Waals surface area contributed by atoms with Crippen molar-refractivity contribution in [1.82, 2.24) is 20.3 Å². The lowest BCUT2D eigenvalue weighted by Crippen LogP contribution is -2.54. The van der Waals surface area contributed by atoms with Crippen molar-refractivity contribution in [3.63, 3.8) is 0 Å². The number of rotatable bonds is 2. The van der Waals surface area contributed by atoms with Crippen LogP contribution in [0.2, 0.25) is 5.28 Å². The van der Waals surface area contributed by atoms with Crippen LogP contribution in [0.15, 0.2) is 0 Å². The summed E-state index contributed by atoms with van der Waals surface area (Å²) in [6.45, 7) is 5.94. The van der Waals surface area contributed by atoms with Crippen LogP contribution in [0, 0.1) is 0 Å². The number of halogens is 1. The zero-order chi connectivity index (χ0) is 12.4. The van der Waals surface area contributed by atoms with Gasteiger partial charge in [0.1, 0.15) is 0 Å². The summed E-state index contributed by atoms with van der Waals surface area (Å²) < 4.78 is 4.99. The van der Waals surface area contributed by atoms with E-state index in [1.165, 1.54) is 7.11 Å². The van der Waals surface area contributed by atoms with E-state index in [9.17, 15) is 0 Å². The summed E-state index contributed by atoms with van der Waals surface area (Å²) in [5.74, 6) is 0.571. The topological polar surface area (TPSA) is 63.2 Å². The fourth-order valence-corrected chi connectivity index (χ4v) is 2.19. The number of nitrogens with one attached hydrogen (secondary N) is 1. The largest absolute Gasteiger partial charge is 0.467 e. The van der Waals surface area contributed by atoms with Gasteiger partial charge in [-0.25, -0.2) is 0 Å². The van der Waals surface area contributed by atoms with Gasteiger partial charge in [0.2, 0.25) is 11.2 Å². The van der Waals surface area contributed by atoms with Crippen LogP contribution in [-0.2, 0) is 0 Å². The van der Waals surface area contributed by atoms with Gasteiger partial charge in [-0.3, -0.25) is 0 Å². The highest BCUT2D eigenvalue weighted by Crippen LogP contribution is 2.17. The summed E-state index contributed by atoms with van der Waals surface area (Å²) in [7, 11) is 1.51. The normalized spacial score (nSPS) is 24.8. The van der Waals surface area contributed by atoms with E-state index in [-0.39, 0.29) is 11.3 Å². The third-order valence-corrected chi connectivity index (χ3v) is 2.77. The molecule has 0 amide bonds. The van der Waals surface area contributed by atoms with Crippen LogP contribution >= 0.6 is 11.6 Å². The standard InChI is InChI=1S/C10H16ClN5O/c1-6-4-16(5-7(2)12-6)9-13-8(11)14-10(15-9)17-3/h6-7,12H,4-5H2,1-3H3. The second-order valence-electron chi connectivity index (χ2n) is 4.26. The number of hydrogen-bond acceptors (Lipinski definition) is 6. The van der Waals surface area contributed by atoms with E-state index >= 15 is 0 Å². The average Bonchev–Trinajstić information content (AvgIpc) is 2.26. The molecular formula is C10H16ClN5O. The molecule has 0 aliphatic carbocycles. The Hall–Kier alpha value is -1.14. The summed E-state index contributed by atoms with van der Waals surface area (Å²) in [4.78, 5) is 14.3. The van der Waals surface area contributed by atoms with Crippen LogP contribution < -0.4 is 15.0 Å². The smallest absolute Gasteiger partial charge is 0.322 e. The summed E-state index contributed by atoms with van der Waals surface area (Å²) >= 11 is 5.84. The second kappa shape index (κ2) is 5.01. The predicted molar refractivity (Wildman–Crippen MR) is 65.7 cm³/mol. The third-order valence-electron chi connectivity index (χ3n) is 2.60. The Bertz CT molecular complexity index is 392. The van der Waals surface area contributed by atoms with Crippen LogP contribution in [0.3, 0.4) is 0 Å². The number of nitrogens with zero attached hydrogens (tertiary/aromatic N) is 4. The Morgan fingerprint density at radius 1 is 1.24 bits per heavy atom. The Kier molecular flexibility index (Phi) is 3.63. The SMILES string of the molecule is COc1nc(Cl)nc(N2CC(C)NC(C)C2)n1. The Labute approximate surface area is 105 Å². The molecule has 1 fully saturated rings. The Morgan fingerprint density at radius 3 is 2.47 bits per heavy atom. The van der Waals surface area contributed by atoms with Gasteiger partial charge in [0.15, 0.2) is 0 Å². The summed E-state index contributed by atoms with van der Waals surface area (Å²) in [5, 5.41) is 3.60. The molecule has 2 heterocycles. The minimum atomic E-state index is 0.158. The molecule has 1 N–H and O–H groups in total. The van der Waals surface area contributed by atoms with Crippen molar-refractivity contribution >= 4 is 17.5 Å². The van der Waals surface area contributed by atoms with Crippen LogP contribution in [0.25, 0.3) is 0 Å². The molecule has 17 heavy (non-hydrogen) atoms. The number of methoxy groups -OCH3 is 1. The molecule has 0 saturated carbocycles. The van der Waals surface area contributed by atoms with Crippen LogP contribution in [0.4, 0.5) is 5.95 Å². The van der Waals surface area contributed by atoms with Gasteiger partial charge in [0.05, 0.1) is 7.11 Å². The number of aromatic nitrogens is 3. The van der Waals surface area contributed by atoms with E-state index in [4.69, 9.17) is 16.3 Å². The number of hydrogen-bond donors (Lipinski definition) is 1. The average molecular weight is 258 g/mol. The van der Waals surface area contributed by atoms with E-state index in [0.717, 1.165) is 13.1 Å². The van der Waals surface area contributed by atoms with Crippen molar-refractivity contribution in [3.8, 4) is 6.01 Å². The highest BCUT2D eigenvalue weighted by atomic mass is 35.5. The molecular weight excluding hydrogens is 242 g/mol. The molecule has 2 unspecified atom stereocenters. The van der Waals surface area contributed by atoms with Gasteiger partial charge in [-0.1, -0.05) is 0 Å². The fraction of sp³-hybridized carbons (Fsp3) is 0.700. The maximum Gasteiger partial charge on any atom is 0.322 e. The molecule has 7 heteroatoms. The second-order valence-corrected chi connectivity index (χ2v) is 4.60. The predicted octanol–water partition coefficient (Wildman–Crippen LogP) is 0.720. The molecule has 1 aliphatic heterocycles. The quantitative estimate of drug-likeness (QED) is 0.842. The maximum absolute atomic E-state index is 5.84. The lowest BCUT2D eigenvalue weighted by atomic mass is 10.1. The first-order chi connectivity index (χ1) is 8.08. The van der Waals surface area contributed by atoms with Crippen molar-refractivity contribution in [2.45, 2.75) is 25.9 Å². The summed E-state index contributed by atoms with van der Waals surface area (Å²) in [5.41, 5.74) is 0. The molecule has 0 spiro atoms. The van der Waals surface area contributed by atoms with Gasteiger partial charge >= 0.3 is 6.01 Å². The minimum Gasteiger partial charge on any atom is -0.467 e. The molecule has 2 atom stereocenters. The molecule has 94 valence electrons. The van der Waals surface area contributed by atoms with Gasteiger partial charge in [0.25, 0.3) is 0 Å². The highest BCUT2D eigenvalue weighted by Gasteiger charge is 2.23. The lowest BCUT2D eigenvalue weighted by molar-refractivity contribution is 0.372. The number of piperazine rings is 1. The molecule has 1 saturated heterocycles. The van der Waals surface area contributed by atoms with Crippen molar-refractivity contribution < 1.29 is 4.74 Å². The van der Waals surface area contributed by atoms with Crippen LogP contribution in [-0.4, -0.2) is 47.2 Å². The van der Waals surface area contributed by atoms with Crippen molar-refractivity contribution in [2.75, 3.05) is 25.1 Å². The monoisotopic (exact) mass is 257 g/mol. The van der Waals surface area contributed by atoms with Gasteiger partial charge in [-0.15, -0.1) is 0 Å². The molecule has 1 aromatic rings. The molecule has 6 nitrogen and oxygen atoms in total. The van der Waals surface area contributed by atoms with E-state index in [1.807, 2.05) is 0 Å². The van der Waals surface area contributed by atoms with Gasteiger partial charge in [-0.05, 0) is 25.4 Å². The summed E-state index contributed by atoms with van der Waals surface area (Å²) in [6, 6.07) is 1.03. The van der Waals surface area contributed by atoms with E-state index in [0.29, 0.717) is 18.0 Å². The highest BCUT2D eigenvalue weighted by molar-refractivity contribution is 6.28. The van der Waals surface area contributed by atoms with Crippen LogP contribution in [0.1, 0.15) is 13.8 Å². The maximum atomic E-state index is 5.84. The Balaban J connectivity index is 2.23. The first-order valence-electron chi connectivity index (χ1n) is 5.55. The van der Waals surface area contributed by atoms with E-state index in [1.54, 1.807) is 0 Å². The zero-order valence-corrected chi connectivity index (χ0v) is 10.9. The first kappa shape index (κ1) is 12.3. The van der Waals surface area contributed by atoms with Gasteiger partial charge < -0.3 is 15.0 Å². The molecule has 2 rings (SSSR count). The Morgan fingerprint density at radius 2 is 1.88 bits per heavy atom. The lowest BCUT2D eigenvalue weighted by Gasteiger charge is -2.36. The molecule has 1 aromatic heterocycles. The van der Waals surface area contributed by atoms with Gasteiger partial charge in [0, 0.05) is 25.2 Å². The fourth-order valence-electron chi connectivity index (χ4n) is 2.04. The third kappa shape index (κ3) is 2.95. The summed E-state index contributed by atoms with van der Waals surface area (Å²) in [6.07, 6.45) is 0. The molecule has 0 aromatic carbocycles. The molecule has 1 aliphatic rings. The number of anilines is 1. The van der Waals surface area contributed by atoms with Gasteiger partial charge in [-0.2, -0.15) is 15.0 Å².